The molecule has 0 unspecified atom stereocenters. The Kier molecular flexibility index (Phi) is 2.39. The summed E-state index contributed by atoms with van der Waals surface area (Å²) >= 11 is 0. The zero-order valence-electron chi connectivity index (χ0n) is 8.64. The van der Waals surface area contributed by atoms with Gasteiger partial charge in [0.15, 0.2) is 0 Å². The van der Waals surface area contributed by atoms with Crippen LogP contribution in [0, 0.1) is 5.92 Å². The Morgan fingerprint density at radius 1 is 1.31 bits per heavy atom. The number of hydrogen-bond donors (Lipinski definition) is 0. The van der Waals surface area contributed by atoms with Gasteiger partial charge in [0.25, 0.3) is 0 Å². The molecule has 2 aliphatic rings. The Hall–Kier alpha value is -0.780. The minimum Gasteiger partial charge on any atom is -0.0839 e. The summed E-state index contributed by atoms with van der Waals surface area (Å²) in [5.41, 5.74) is 4.93. The van der Waals surface area contributed by atoms with Crippen LogP contribution in [0.4, 0.5) is 0 Å². The van der Waals surface area contributed by atoms with Crippen molar-refractivity contribution >= 4 is 0 Å². The summed E-state index contributed by atoms with van der Waals surface area (Å²) < 4.78 is 0. The fourth-order valence-corrected chi connectivity index (χ4v) is 2.16. The van der Waals surface area contributed by atoms with Crippen LogP contribution in [0.2, 0.25) is 0 Å². The first-order valence-electron chi connectivity index (χ1n) is 5.33. The maximum Gasteiger partial charge on any atom is -0.00649 e. The van der Waals surface area contributed by atoms with E-state index in [0.717, 1.165) is 5.92 Å². The third-order valence-corrected chi connectivity index (χ3v) is 3.13. The Morgan fingerprint density at radius 3 is 2.92 bits per heavy atom. The SMILES string of the molecule is CC(C)C1=CCC2=C(C=CCC2)C1. The molecular weight excluding hydrogens is 156 g/mol. The van der Waals surface area contributed by atoms with Gasteiger partial charge >= 0.3 is 0 Å². The van der Waals surface area contributed by atoms with Crippen LogP contribution in [-0.2, 0) is 0 Å². The Labute approximate surface area is 81.0 Å². The summed E-state index contributed by atoms with van der Waals surface area (Å²) in [6.07, 6.45) is 12.1. The van der Waals surface area contributed by atoms with Gasteiger partial charge in [-0.3, -0.25) is 0 Å². The van der Waals surface area contributed by atoms with E-state index >= 15 is 0 Å². The molecule has 0 saturated heterocycles. The minimum atomic E-state index is 0.726. The van der Waals surface area contributed by atoms with Crippen molar-refractivity contribution in [3.63, 3.8) is 0 Å². The van der Waals surface area contributed by atoms with Crippen LogP contribution in [-0.4, -0.2) is 0 Å². The fraction of sp³-hybridized carbons (Fsp3) is 0.538. The summed E-state index contributed by atoms with van der Waals surface area (Å²) in [5, 5.41) is 0. The minimum absolute atomic E-state index is 0.726. The number of rotatable bonds is 1. The lowest BCUT2D eigenvalue weighted by Gasteiger charge is -2.23. The van der Waals surface area contributed by atoms with Crippen molar-refractivity contribution in [3.05, 3.63) is 34.9 Å². The van der Waals surface area contributed by atoms with Gasteiger partial charge in [-0.25, -0.2) is 0 Å². The standard InChI is InChI=1S/C13H18/c1-10(2)12-8-7-11-5-3-4-6-13(11)9-12/h4,6,8,10H,3,5,7,9H2,1-2H3. The van der Waals surface area contributed by atoms with E-state index in [0.29, 0.717) is 0 Å². The lowest BCUT2D eigenvalue weighted by molar-refractivity contribution is 0.713. The van der Waals surface area contributed by atoms with E-state index in [-0.39, 0.29) is 0 Å². The molecule has 0 spiro atoms. The molecule has 70 valence electrons. The molecule has 0 N–H and O–H groups in total. The largest absolute Gasteiger partial charge is 0.0839 e. The highest BCUT2D eigenvalue weighted by Crippen LogP contribution is 2.33. The molecule has 2 rings (SSSR count). The Balaban J connectivity index is 2.14. The zero-order chi connectivity index (χ0) is 9.26. The average molecular weight is 174 g/mol. The molecule has 0 nitrogen and oxygen atoms in total. The van der Waals surface area contributed by atoms with Gasteiger partial charge in [-0.05, 0) is 37.2 Å². The number of allylic oxidation sites excluding steroid dienone is 6. The fourth-order valence-electron chi connectivity index (χ4n) is 2.16. The summed E-state index contributed by atoms with van der Waals surface area (Å²) in [7, 11) is 0. The predicted octanol–water partition coefficient (Wildman–Crippen LogP) is 4.01. The smallest absolute Gasteiger partial charge is 0.00649 e. The Morgan fingerprint density at radius 2 is 2.15 bits per heavy atom. The average Bonchev–Trinajstić information content (AvgIpc) is 2.17. The van der Waals surface area contributed by atoms with E-state index in [4.69, 9.17) is 0 Å². The molecule has 0 aromatic carbocycles. The topological polar surface area (TPSA) is 0 Å². The van der Waals surface area contributed by atoms with Crippen LogP contribution in [0.5, 0.6) is 0 Å². The van der Waals surface area contributed by atoms with Gasteiger partial charge in [-0.15, -0.1) is 0 Å². The molecule has 0 fully saturated rings. The normalized spacial score (nSPS) is 21.9. The van der Waals surface area contributed by atoms with E-state index in [2.05, 4.69) is 32.1 Å². The molecule has 13 heavy (non-hydrogen) atoms. The maximum atomic E-state index is 2.45. The van der Waals surface area contributed by atoms with Gasteiger partial charge in [0.05, 0.1) is 0 Å². The van der Waals surface area contributed by atoms with Crippen LogP contribution in [0.1, 0.15) is 39.5 Å². The first kappa shape index (κ1) is 8.80. The highest BCUT2D eigenvalue weighted by atomic mass is 14.2. The second-order valence-electron chi connectivity index (χ2n) is 4.38. The van der Waals surface area contributed by atoms with Crippen LogP contribution in [0.25, 0.3) is 0 Å². The zero-order valence-corrected chi connectivity index (χ0v) is 8.64. The predicted molar refractivity (Wildman–Crippen MR) is 57.6 cm³/mol. The molecule has 0 radical (unpaired) electrons. The molecule has 0 aliphatic heterocycles. The van der Waals surface area contributed by atoms with Crippen molar-refractivity contribution < 1.29 is 0 Å². The number of hydrogen-bond acceptors (Lipinski definition) is 0. The molecule has 0 heteroatoms. The van der Waals surface area contributed by atoms with Crippen LogP contribution in [0.3, 0.4) is 0 Å². The van der Waals surface area contributed by atoms with Gasteiger partial charge < -0.3 is 0 Å². The molecule has 0 amide bonds. The first-order valence-corrected chi connectivity index (χ1v) is 5.33. The van der Waals surface area contributed by atoms with E-state index in [9.17, 15) is 0 Å². The van der Waals surface area contributed by atoms with E-state index in [1.807, 2.05) is 0 Å². The highest BCUT2D eigenvalue weighted by Gasteiger charge is 2.15. The summed E-state index contributed by atoms with van der Waals surface area (Å²) in [6, 6.07) is 0. The molecule has 0 bridgehead atoms. The molecule has 0 atom stereocenters. The van der Waals surface area contributed by atoms with E-state index < -0.39 is 0 Å². The lowest BCUT2D eigenvalue weighted by atomic mass is 9.83. The van der Waals surface area contributed by atoms with Gasteiger partial charge in [-0.2, -0.15) is 0 Å². The van der Waals surface area contributed by atoms with Crippen LogP contribution < -0.4 is 0 Å². The van der Waals surface area contributed by atoms with E-state index in [1.165, 1.54) is 25.7 Å². The van der Waals surface area contributed by atoms with Gasteiger partial charge in [-0.1, -0.05) is 43.2 Å². The molecule has 2 aliphatic carbocycles. The third-order valence-electron chi connectivity index (χ3n) is 3.13. The van der Waals surface area contributed by atoms with Crippen molar-refractivity contribution in [2.75, 3.05) is 0 Å². The van der Waals surface area contributed by atoms with Crippen LogP contribution >= 0.6 is 0 Å². The van der Waals surface area contributed by atoms with Gasteiger partial charge in [0.2, 0.25) is 0 Å². The van der Waals surface area contributed by atoms with Gasteiger partial charge in [0, 0.05) is 0 Å². The first-order chi connectivity index (χ1) is 6.27. The molecule has 0 aromatic heterocycles. The maximum absolute atomic E-state index is 2.45. The summed E-state index contributed by atoms with van der Waals surface area (Å²) in [6.45, 7) is 4.59. The summed E-state index contributed by atoms with van der Waals surface area (Å²) in [4.78, 5) is 0. The molecule has 0 heterocycles. The monoisotopic (exact) mass is 174 g/mol. The third kappa shape index (κ3) is 1.77. The van der Waals surface area contributed by atoms with Crippen molar-refractivity contribution in [2.24, 2.45) is 5.92 Å². The van der Waals surface area contributed by atoms with Crippen molar-refractivity contribution in [1.82, 2.24) is 0 Å². The lowest BCUT2D eigenvalue weighted by Crippen LogP contribution is -2.05. The second-order valence-corrected chi connectivity index (χ2v) is 4.38. The quantitative estimate of drug-likeness (QED) is 0.527. The Bertz CT molecular complexity index is 287. The molecular formula is C13H18. The van der Waals surface area contributed by atoms with Crippen molar-refractivity contribution in [3.8, 4) is 0 Å². The van der Waals surface area contributed by atoms with E-state index in [1.54, 1.807) is 16.7 Å². The van der Waals surface area contributed by atoms with Crippen molar-refractivity contribution in [2.45, 2.75) is 39.5 Å². The highest BCUT2D eigenvalue weighted by molar-refractivity contribution is 5.38. The van der Waals surface area contributed by atoms with Crippen molar-refractivity contribution in [1.29, 1.82) is 0 Å². The molecule has 0 aromatic rings. The van der Waals surface area contributed by atoms with Crippen LogP contribution in [0.15, 0.2) is 34.9 Å². The van der Waals surface area contributed by atoms with Gasteiger partial charge in [0.1, 0.15) is 0 Å². The molecule has 0 saturated carbocycles. The summed E-state index contributed by atoms with van der Waals surface area (Å²) in [5.74, 6) is 0.726. The second kappa shape index (κ2) is 3.53.